The molecule has 0 aromatic carbocycles. The topological polar surface area (TPSA) is 12.0 Å². The minimum Gasteiger partial charge on any atom is -0.310 e. The fourth-order valence-electron chi connectivity index (χ4n) is 1.46. The summed E-state index contributed by atoms with van der Waals surface area (Å²) >= 11 is 0. The predicted octanol–water partition coefficient (Wildman–Crippen LogP) is 3.59. The summed E-state index contributed by atoms with van der Waals surface area (Å²) in [5.41, 5.74) is 0.713. The summed E-state index contributed by atoms with van der Waals surface area (Å²) < 4.78 is 0. The van der Waals surface area contributed by atoms with E-state index in [1.54, 1.807) is 0 Å². The summed E-state index contributed by atoms with van der Waals surface area (Å²) in [6.45, 7) is 15.9. The van der Waals surface area contributed by atoms with Crippen molar-refractivity contribution < 1.29 is 0 Å². The molecule has 0 spiro atoms. The lowest BCUT2D eigenvalue weighted by Gasteiger charge is -2.28. The molecule has 1 heteroatoms. The van der Waals surface area contributed by atoms with Gasteiger partial charge in [-0.15, -0.1) is 0 Å². The highest BCUT2D eigenvalue weighted by Crippen LogP contribution is 2.21. The Hall–Kier alpha value is -0.0400. The molecular weight excluding hydrogens is 158 g/mol. The van der Waals surface area contributed by atoms with Crippen LogP contribution in [-0.4, -0.2) is 11.6 Å². The minimum atomic E-state index is 0.247. The highest BCUT2D eigenvalue weighted by atomic mass is 15.0. The van der Waals surface area contributed by atoms with E-state index in [1.807, 2.05) is 0 Å². The van der Waals surface area contributed by atoms with Crippen LogP contribution in [0.4, 0.5) is 0 Å². The van der Waals surface area contributed by atoms with Crippen LogP contribution in [0.2, 0.25) is 0 Å². The molecule has 80 valence electrons. The summed E-state index contributed by atoms with van der Waals surface area (Å²) in [4.78, 5) is 0. The van der Waals surface area contributed by atoms with Crippen LogP contribution in [-0.2, 0) is 0 Å². The molecule has 13 heavy (non-hydrogen) atoms. The maximum Gasteiger partial charge on any atom is 0.00989 e. The quantitative estimate of drug-likeness (QED) is 0.708. The molecule has 0 aliphatic carbocycles. The van der Waals surface area contributed by atoms with Crippen LogP contribution < -0.4 is 5.32 Å². The molecule has 0 fully saturated rings. The van der Waals surface area contributed by atoms with E-state index in [1.165, 1.54) is 12.8 Å². The van der Waals surface area contributed by atoms with Gasteiger partial charge < -0.3 is 5.32 Å². The summed E-state index contributed by atoms with van der Waals surface area (Å²) in [6.07, 6.45) is 2.55. The third kappa shape index (κ3) is 9.88. The van der Waals surface area contributed by atoms with Crippen molar-refractivity contribution in [2.24, 2.45) is 5.41 Å². The Bertz CT molecular complexity index is 136. The minimum absolute atomic E-state index is 0.247. The molecule has 1 unspecified atom stereocenters. The molecule has 0 saturated carbocycles. The molecule has 1 nitrogen and oxygen atoms in total. The standard InChI is InChI=1S/C12H27N/c1-10(13-12(5,6)7)8-9-11(2,3)4/h10,13H,8-9H2,1-7H3. The maximum atomic E-state index is 3.59. The summed E-state index contributed by atoms with van der Waals surface area (Å²) in [5, 5.41) is 3.59. The van der Waals surface area contributed by atoms with Crippen LogP contribution in [0, 0.1) is 5.41 Å². The van der Waals surface area contributed by atoms with Crippen molar-refractivity contribution in [3.05, 3.63) is 0 Å². The average Bonchev–Trinajstić information content (AvgIpc) is 1.78. The predicted molar refractivity (Wildman–Crippen MR) is 61.0 cm³/mol. The number of hydrogen-bond acceptors (Lipinski definition) is 1. The fourth-order valence-corrected chi connectivity index (χ4v) is 1.46. The van der Waals surface area contributed by atoms with Crippen LogP contribution >= 0.6 is 0 Å². The summed E-state index contributed by atoms with van der Waals surface area (Å²) in [5.74, 6) is 0. The molecule has 0 saturated heterocycles. The van der Waals surface area contributed by atoms with Gasteiger partial charge in [0, 0.05) is 11.6 Å². The Kier molecular flexibility index (Phi) is 4.44. The summed E-state index contributed by atoms with van der Waals surface area (Å²) in [7, 11) is 0. The third-order valence-electron chi connectivity index (χ3n) is 2.01. The highest BCUT2D eigenvalue weighted by molar-refractivity contribution is 4.76. The number of rotatable bonds is 3. The van der Waals surface area contributed by atoms with E-state index in [2.05, 4.69) is 53.8 Å². The Labute approximate surface area is 84.3 Å². The van der Waals surface area contributed by atoms with Crippen LogP contribution in [0.3, 0.4) is 0 Å². The first-order valence-electron chi connectivity index (χ1n) is 5.38. The lowest BCUT2D eigenvalue weighted by Crippen LogP contribution is -2.42. The van der Waals surface area contributed by atoms with Gasteiger partial charge in [-0.2, -0.15) is 0 Å². The lowest BCUT2D eigenvalue weighted by molar-refractivity contribution is 0.301. The number of hydrogen-bond donors (Lipinski definition) is 1. The van der Waals surface area contributed by atoms with Crippen LogP contribution in [0.15, 0.2) is 0 Å². The summed E-state index contributed by atoms with van der Waals surface area (Å²) in [6, 6.07) is 0.624. The first kappa shape index (κ1) is 13.0. The second kappa shape index (κ2) is 4.45. The Morgan fingerprint density at radius 1 is 1.00 bits per heavy atom. The van der Waals surface area contributed by atoms with Crippen molar-refractivity contribution >= 4 is 0 Å². The molecule has 0 radical (unpaired) electrons. The van der Waals surface area contributed by atoms with E-state index in [0.717, 1.165) is 0 Å². The van der Waals surface area contributed by atoms with Gasteiger partial charge in [0.05, 0.1) is 0 Å². The van der Waals surface area contributed by atoms with E-state index in [-0.39, 0.29) is 5.54 Å². The number of nitrogens with one attached hydrogen (secondary N) is 1. The molecule has 0 bridgehead atoms. The largest absolute Gasteiger partial charge is 0.310 e. The van der Waals surface area contributed by atoms with Crippen molar-refractivity contribution in [3.63, 3.8) is 0 Å². The molecule has 0 heterocycles. The van der Waals surface area contributed by atoms with Gasteiger partial charge in [-0.1, -0.05) is 20.8 Å². The van der Waals surface area contributed by atoms with Crippen molar-refractivity contribution in [2.45, 2.75) is 72.9 Å². The van der Waals surface area contributed by atoms with Gasteiger partial charge in [0.1, 0.15) is 0 Å². The van der Waals surface area contributed by atoms with Gasteiger partial charge in [0.25, 0.3) is 0 Å². The van der Waals surface area contributed by atoms with E-state index >= 15 is 0 Å². The van der Waals surface area contributed by atoms with E-state index < -0.39 is 0 Å². The molecule has 0 aromatic heterocycles. The molecule has 1 N–H and O–H groups in total. The molecule has 0 aliphatic rings. The molecule has 0 aromatic rings. The molecule has 1 atom stereocenters. The second-order valence-corrected chi connectivity index (χ2v) is 6.39. The first-order valence-corrected chi connectivity index (χ1v) is 5.38. The molecule has 0 aliphatic heterocycles. The zero-order chi connectivity index (χ0) is 10.7. The first-order chi connectivity index (χ1) is 5.60. The SMILES string of the molecule is CC(CCC(C)(C)C)NC(C)(C)C. The maximum absolute atomic E-state index is 3.59. The second-order valence-electron chi connectivity index (χ2n) is 6.39. The monoisotopic (exact) mass is 185 g/mol. The van der Waals surface area contributed by atoms with Crippen molar-refractivity contribution in [1.82, 2.24) is 5.32 Å². The zero-order valence-corrected chi connectivity index (χ0v) is 10.5. The van der Waals surface area contributed by atoms with Gasteiger partial charge in [0.15, 0.2) is 0 Å². The van der Waals surface area contributed by atoms with Crippen LogP contribution in [0.5, 0.6) is 0 Å². The van der Waals surface area contributed by atoms with Crippen LogP contribution in [0.25, 0.3) is 0 Å². The van der Waals surface area contributed by atoms with Gasteiger partial charge in [-0.25, -0.2) is 0 Å². The van der Waals surface area contributed by atoms with Gasteiger partial charge in [0.2, 0.25) is 0 Å². The normalized spacial score (nSPS) is 15.9. The van der Waals surface area contributed by atoms with E-state index in [9.17, 15) is 0 Å². The fraction of sp³-hybridized carbons (Fsp3) is 1.00. The zero-order valence-electron chi connectivity index (χ0n) is 10.5. The molecule has 0 rings (SSSR count). The van der Waals surface area contributed by atoms with Crippen molar-refractivity contribution in [1.29, 1.82) is 0 Å². The smallest absolute Gasteiger partial charge is 0.00989 e. The van der Waals surface area contributed by atoms with Crippen molar-refractivity contribution in [2.75, 3.05) is 0 Å². The Morgan fingerprint density at radius 3 is 1.77 bits per heavy atom. The van der Waals surface area contributed by atoms with E-state index in [4.69, 9.17) is 0 Å². The highest BCUT2D eigenvalue weighted by Gasteiger charge is 2.16. The Balaban J connectivity index is 3.70. The average molecular weight is 185 g/mol. The van der Waals surface area contributed by atoms with Gasteiger partial charge in [-0.3, -0.25) is 0 Å². The van der Waals surface area contributed by atoms with Crippen LogP contribution in [0.1, 0.15) is 61.3 Å². The van der Waals surface area contributed by atoms with Gasteiger partial charge >= 0.3 is 0 Å². The lowest BCUT2D eigenvalue weighted by atomic mass is 9.88. The Morgan fingerprint density at radius 2 is 1.46 bits per heavy atom. The molecule has 0 amide bonds. The van der Waals surface area contributed by atoms with Crippen molar-refractivity contribution in [3.8, 4) is 0 Å². The third-order valence-corrected chi connectivity index (χ3v) is 2.01. The van der Waals surface area contributed by atoms with Gasteiger partial charge in [-0.05, 0) is 46.0 Å². The van der Waals surface area contributed by atoms with E-state index in [0.29, 0.717) is 11.5 Å². The molecular formula is C12H27N.